The molecule has 0 bridgehead atoms. The van der Waals surface area contributed by atoms with Crippen molar-refractivity contribution in [2.45, 2.75) is 37.5 Å². The molecule has 0 radical (unpaired) electrons. The summed E-state index contributed by atoms with van der Waals surface area (Å²) in [5.41, 5.74) is -4.26. The monoisotopic (exact) mass is 457 g/mol. The van der Waals surface area contributed by atoms with E-state index in [4.69, 9.17) is 4.74 Å². The fourth-order valence-corrected chi connectivity index (χ4v) is 3.85. The highest BCUT2D eigenvalue weighted by molar-refractivity contribution is 7.87. The van der Waals surface area contributed by atoms with E-state index in [-0.39, 0.29) is 17.7 Å². The Morgan fingerprint density at radius 1 is 1.10 bits per heavy atom. The second-order valence-corrected chi connectivity index (χ2v) is 8.41. The smallest absolute Gasteiger partial charge is 0.381 e. The molecule has 2 aromatic rings. The first-order valence-electron chi connectivity index (χ1n) is 9.15. The lowest BCUT2D eigenvalue weighted by molar-refractivity contribution is -0.384. The van der Waals surface area contributed by atoms with Gasteiger partial charge in [0.2, 0.25) is 0 Å². The zero-order valence-corrected chi connectivity index (χ0v) is 17.0. The molecule has 0 aliphatic carbocycles. The molecule has 0 N–H and O–H groups in total. The molecule has 2 aromatic carbocycles. The summed E-state index contributed by atoms with van der Waals surface area (Å²) in [6.07, 6.45) is -0.754. The summed E-state index contributed by atoms with van der Waals surface area (Å²) >= 11 is 0. The summed E-state index contributed by atoms with van der Waals surface area (Å²) in [7, 11) is -5.84. The summed E-state index contributed by atoms with van der Waals surface area (Å²) in [5, 5.41) is 10.9. The van der Waals surface area contributed by atoms with E-state index >= 15 is 0 Å². The Balaban J connectivity index is 1.99. The van der Waals surface area contributed by atoms with Crippen LogP contribution in [0.5, 0.6) is 0 Å². The molecule has 1 aliphatic rings. The third-order valence-electron chi connectivity index (χ3n) is 4.84. The number of benzene rings is 2. The van der Waals surface area contributed by atoms with Crippen molar-refractivity contribution in [3.8, 4) is 0 Å². The Labute approximate surface area is 176 Å². The van der Waals surface area contributed by atoms with Gasteiger partial charge in [-0.05, 0) is 43.0 Å². The normalized spacial score (nSPS) is 21.4. The molecule has 0 aromatic heterocycles. The Morgan fingerprint density at radius 3 is 2.26 bits per heavy atom. The fourth-order valence-electron chi connectivity index (χ4n) is 3.32. The van der Waals surface area contributed by atoms with Gasteiger partial charge >= 0.3 is 15.6 Å². The number of allylic oxidation sites excluding steroid dienone is 1. The maximum atomic E-state index is 12.8. The Bertz CT molecular complexity index is 1080. The van der Waals surface area contributed by atoms with E-state index < -0.39 is 38.5 Å². The molecule has 1 aliphatic heterocycles. The molecule has 0 spiro atoms. The molecule has 1 heterocycles. The molecule has 2 atom stereocenters. The van der Waals surface area contributed by atoms with E-state index in [1.807, 2.05) is 30.3 Å². The van der Waals surface area contributed by atoms with E-state index in [0.29, 0.717) is 12.0 Å². The maximum absolute atomic E-state index is 12.8. The molecule has 11 heteroatoms. The predicted molar refractivity (Wildman–Crippen MR) is 104 cm³/mol. The van der Waals surface area contributed by atoms with Gasteiger partial charge < -0.3 is 8.92 Å². The van der Waals surface area contributed by atoms with E-state index in [2.05, 4.69) is 4.18 Å². The first kappa shape index (κ1) is 22.8. The topological polar surface area (TPSA) is 95.7 Å². The minimum Gasteiger partial charge on any atom is -0.381 e. The highest BCUT2D eigenvalue weighted by Gasteiger charge is 2.49. The first-order valence-corrected chi connectivity index (χ1v) is 10.6. The van der Waals surface area contributed by atoms with Crippen molar-refractivity contribution >= 4 is 15.8 Å². The largest absolute Gasteiger partial charge is 0.534 e. The molecule has 1 fully saturated rings. The van der Waals surface area contributed by atoms with E-state index in [1.165, 1.54) is 24.3 Å². The van der Waals surface area contributed by atoms with Crippen LogP contribution in [0.15, 0.2) is 65.9 Å². The summed E-state index contributed by atoms with van der Waals surface area (Å²) in [4.78, 5) is 10.3. The van der Waals surface area contributed by atoms with Crippen LogP contribution < -0.4 is 0 Å². The van der Waals surface area contributed by atoms with Crippen LogP contribution in [-0.2, 0) is 19.0 Å². The lowest BCUT2D eigenvalue weighted by Gasteiger charge is -2.34. The van der Waals surface area contributed by atoms with Crippen LogP contribution in [0.2, 0.25) is 0 Å². The molecule has 0 amide bonds. The molecule has 0 saturated carbocycles. The number of hydrogen-bond donors (Lipinski definition) is 0. The molecule has 1 saturated heterocycles. The highest BCUT2D eigenvalue weighted by atomic mass is 32.2. The number of hydrogen-bond acceptors (Lipinski definition) is 6. The highest BCUT2D eigenvalue weighted by Crippen LogP contribution is 2.44. The van der Waals surface area contributed by atoms with Gasteiger partial charge in [0.1, 0.15) is 11.9 Å². The number of nitro benzene ring substituents is 1. The van der Waals surface area contributed by atoms with Gasteiger partial charge in [0.25, 0.3) is 5.69 Å². The summed E-state index contributed by atoms with van der Waals surface area (Å²) in [5.74, 6) is -0.438. The van der Waals surface area contributed by atoms with Crippen LogP contribution >= 0.6 is 0 Å². The van der Waals surface area contributed by atoms with E-state index in [9.17, 15) is 31.7 Å². The molecule has 31 heavy (non-hydrogen) atoms. The van der Waals surface area contributed by atoms with Crippen LogP contribution in [0, 0.1) is 10.1 Å². The Hall–Kier alpha value is -2.92. The van der Waals surface area contributed by atoms with Gasteiger partial charge in [-0.3, -0.25) is 10.1 Å². The molecule has 166 valence electrons. The minimum absolute atomic E-state index is 0.169. The molecule has 2 unspecified atom stereocenters. The van der Waals surface area contributed by atoms with Crippen LogP contribution in [0.3, 0.4) is 0 Å². The lowest BCUT2D eigenvalue weighted by Crippen LogP contribution is -2.26. The van der Waals surface area contributed by atoms with Crippen molar-refractivity contribution in [2.24, 2.45) is 0 Å². The Morgan fingerprint density at radius 2 is 1.71 bits per heavy atom. The van der Waals surface area contributed by atoms with Gasteiger partial charge in [-0.25, -0.2) is 0 Å². The second-order valence-electron chi connectivity index (χ2n) is 6.87. The van der Waals surface area contributed by atoms with Crippen molar-refractivity contribution in [1.82, 2.24) is 0 Å². The average Bonchev–Trinajstić information content (AvgIpc) is 2.73. The van der Waals surface area contributed by atoms with E-state index in [1.54, 1.807) is 0 Å². The number of halogens is 3. The number of ether oxygens (including phenoxy) is 1. The van der Waals surface area contributed by atoms with Gasteiger partial charge in [0.05, 0.1) is 11.0 Å². The van der Waals surface area contributed by atoms with Gasteiger partial charge in [0.15, 0.2) is 0 Å². The number of nitrogens with zero attached hydrogens (tertiary/aromatic N) is 1. The van der Waals surface area contributed by atoms with Crippen molar-refractivity contribution < 1.29 is 35.4 Å². The van der Waals surface area contributed by atoms with Gasteiger partial charge in [-0.1, -0.05) is 30.3 Å². The third-order valence-corrected chi connectivity index (χ3v) is 5.88. The van der Waals surface area contributed by atoms with Crippen LogP contribution in [0.25, 0.3) is 0 Å². The Kier molecular flexibility index (Phi) is 6.37. The van der Waals surface area contributed by atoms with Gasteiger partial charge in [0, 0.05) is 17.7 Å². The molecule has 3 rings (SSSR count). The van der Waals surface area contributed by atoms with Crippen LogP contribution in [0.1, 0.15) is 43.1 Å². The molecular weight excluding hydrogens is 439 g/mol. The predicted octanol–water partition coefficient (Wildman–Crippen LogP) is 5.33. The fraction of sp³-hybridized carbons (Fsp3) is 0.300. The van der Waals surface area contributed by atoms with Crippen LogP contribution in [0.4, 0.5) is 18.9 Å². The number of rotatable bonds is 5. The number of nitro groups is 1. The molecule has 7 nitrogen and oxygen atoms in total. The van der Waals surface area contributed by atoms with Gasteiger partial charge in [-0.15, -0.1) is 0 Å². The van der Waals surface area contributed by atoms with E-state index in [0.717, 1.165) is 12.5 Å². The maximum Gasteiger partial charge on any atom is 0.534 e. The summed E-state index contributed by atoms with van der Waals surface area (Å²) in [6, 6.07) is 14.4. The lowest BCUT2D eigenvalue weighted by atomic mass is 9.90. The zero-order chi connectivity index (χ0) is 22.8. The van der Waals surface area contributed by atoms with Crippen molar-refractivity contribution in [3.05, 3.63) is 87.2 Å². The van der Waals surface area contributed by atoms with Crippen LogP contribution in [-0.4, -0.2) is 18.8 Å². The standard InChI is InChI=1S/C20H18F3NO6S/c1-13(30-31(27,28)20(21,22)23)17-11-12-18(14-5-3-2-4-6-14)29-19(17)15-7-9-16(10-8-15)24(25)26/h2-10,18-19H,11-12H2,1H3/b17-13+. The second kappa shape index (κ2) is 8.67. The molecular formula is C20H18F3NO6S. The van der Waals surface area contributed by atoms with Crippen molar-refractivity contribution in [3.63, 3.8) is 0 Å². The number of alkyl halides is 3. The van der Waals surface area contributed by atoms with Crippen molar-refractivity contribution in [2.75, 3.05) is 0 Å². The third kappa shape index (κ3) is 5.05. The van der Waals surface area contributed by atoms with Crippen molar-refractivity contribution in [1.29, 1.82) is 0 Å². The summed E-state index contributed by atoms with van der Waals surface area (Å²) in [6.45, 7) is 1.13. The number of non-ortho nitro benzene ring substituents is 1. The zero-order valence-electron chi connectivity index (χ0n) is 16.2. The SMILES string of the molecule is C/C(OS(=O)(=O)C(F)(F)F)=C1/CCC(c2ccccc2)OC1c1ccc([N+](=O)[O-])cc1. The quantitative estimate of drug-likeness (QED) is 0.198. The minimum atomic E-state index is -5.84. The summed E-state index contributed by atoms with van der Waals surface area (Å²) < 4.78 is 71.6. The first-order chi connectivity index (χ1) is 14.5. The average molecular weight is 457 g/mol. The van der Waals surface area contributed by atoms with Gasteiger partial charge in [-0.2, -0.15) is 21.6 Å².